The van der Waals surface area contributed by atoms with Crippen molar-refractivity contribution in [1.29, 1.82) is 0 Å². The smallest absolute Gasteiger partial charge is 0.0975 e. The van der Waals surface area contributed by atoms with Crippen molar-refractivity contribution < 1.29 is 4.39 Å². The number of hydrogen-bond donors (Lipinski definition) is 1. The Bertz CT molecular complexity index is 610. The standard InChI is InChI=1S/C18H24FN3/c1-13-10-15(3)22(21-9-5-4-6-18(13)21)12-17-16(7-8-20-17)11-14(2)19/h7-8,11,18,20H,1,3-6,9-10,12H2,2H3/b14-11+. The highest BCUT2D eigenvalue weighted by atomic mass is 19.1. The van der Waals surface area contributed by atoms with Crippen molar-refractivity contribution in [2.24, 2.45) is 0 Å². The number of aromatic nitrogens is 1. The van der Waals surface area contributed by atoms with Gasteiger partial charge in [0, 0.05) is 30.6 Å². The lowest BCUT2D eigenvalue weighted by Gasteiger charge is -2.49. The summed E-state index contributed by atoms with van der Waals surface area (Å²) in [5.41, 5.74) is 4.28. The van der Waals surface area contributed by atoms with Crippen molar-refractivity contribution in [2.45, 2.75) is 45.2 Å². The number of halogens is 1. The first-order valence-electron chi connectivity index (χ1n) is 7.96. The maximum atomic E-state index is 13.2. The molecule has 1 unspecified atom stereocenters. The third-order valence-electron chi connectivity index (χ3n) is 4.58. The Morgan fingerprint density at radius 1 is 1.45 bits per heavy atom. The molecule has 22 heavy (non-hydrogen) atoms. The first-order chi connectivity index (χ1) is 10.6. The molecule has 1 N–H and O–H groups in total. The van der Waals surface area contributed by atoms with Crippen LogP contribution >= 0.6 is 0 Å². The van der Waals surface area contributed by atoms with E-state index in [1.165, 1.54) is 31.8 Å². The molecule has 3 heterocycles. The fraction of sp³-hybridized carbons (Fsp3) is 0.444. The van der Waals surface area contributed by atoms with Crippen molar-refractivity contribution >= 4 is 6.08 Å². The van der Waals surface area contributed by atoms with Gasteiger partial charge < -0.3 is 9.99 Å². The summed E-state index contributed by atoms with van der Waals surface area (Å²) in [5.74, 6) is -0.178. The Hall–Kier alpha value is -1.81. The molecule has 2 fully saturated rings. The fourth-order valence-electron chi connectivity index (χ4n) is 3.53. The fourth-order valence-corrected chi connectivity index (χ4v) is 3.53. The molecule has 3 rings (SSSR count). The summed E-state index contributed by atoms with van der Waals surface area (Å²) in [4.78, 5) is 3.24. The molecule has 0 bridgehead atoms. The van der Waals surface area contributed by atoms with Crippen molar-refractivity contribution in [3.8, 4) is 0 Å². The van der Waals surface area contributed by atoms with Crippen LogP contribution in [0, 0.1) is 0 Å². The van der Waals surface area contributed by atoms with Crippen LogP contribution in [-0.2, 0) is 6.54 Å². The molecule has 2 aliphatic rings. The van der Waals surface area contributed by atoms with Gasteiger partial charge in [0.25, 0.3) is 0 Å². The summed E-state index contributed by atoms with van der Waals surface area (Å²) in [6.45, 7) is 11.7. The number of rotatable bonds is 3. The first kappa shape index (κ1) is 15.1. The van der Waals surface area contributed by atoms with Crippen LogP contribution in [0.4, 0.5) is 4.39 Å². The second-order valence-electron chi connectivity index (χ2n) is 6.28. The quantitative estimate of drug-likeness (QED) is 0.836. The van der Waals surface area contributed by atoms with Gasteiger partial charge in [0.2, 0.25) is 0 Å². The van der Waals surface area contributed by atoms with E-state index in [2.05, 4.69) is 28.2 Å². The summed E-state index contributed by atoms with van der Waals surface area (Å²) in [6, 6.07) is 2.34. The Balaban J connectivity index is 1.84. The van der Waals surface area contributed by atoms with Gasteiger partial charge in [0.05, 0.1) is 18.4 Å². The average molecular weight is 301 g/mol. The van der Waals surface area contributed by atoms with Gasteiger partial charge in [-0.25, -0.2) is 9.40 Å². The lowest BCUT2D eigenvalue weighted by molar-refractivity contribution is -0.0625. The number of piperidine rings is 1. The molecule has 1 atom stereocenters. The SMILES string of the molecule is C=C1CC(=C)N(Cc2[nH]ccc2/C=C(\C)F)N2CCCCC12. The van der Waals surface area contributed by atoms with Crippen LogP contribution in [0.1, 0.15) is 43.9 Å². The van der Waals surface area contributed by atoms with Gasteiger partial charge in [-0.3, -0.25) is 0 Å². The van der Waals surface area contributed by atoms with E-state index in [1.807, 2.05) is 12.3 Å². The molecule has 0 saturated carbocycles. The van der Waals surface area contributed by atoms with E-state index in [-0.39, 0.29) is 5.83 Å². The van der Waals surface area contributed by atoms with Gasteiger partial charge >= 0.3 is 0 Å². The van der Waals surface area contributed by atoms with E-state index >= 15 is 0 Å². The van der Waals surface area contributed by atoms with Crippen LogP contribution in [-0.4, -0.2) is 27.6 Å². The number of fused-ring (bicyclic) bond motifs is 1. The van der Waals surface area contributed by atoms with Crippen molar-refractivity contribution in [1.82, 2.24) is 15.0 Å². The lowest BCUT2D eigenvalue weighted by Crippen LogP contribution is -2.54. The topological polar surface area (TPSA) is 22.3 Å². The number of nitrogens with zero attached hydrogens (tertiary/aromatic N) is 2. The molecule has 0 aliphatic carbocycles. The third kappa shape index (κ3) is 2.88. The van der Waals surface area contributed by atoms with Crippen molar-refractivity contribution in [3.63, 3.8) is 0 Å². The van der Waals surface area contributed by atoms with Crippen LogP contribution in [0.15, 0.2) is 42.5 Å². The van der Waals surface area contributed by atoms with Crippen LogP contribution in [0.2, 0.25) is 0 Å². The molecule has 0 spiro atoms. The molecule has 3 nitrogen and oxygen atoms in total. The molecule has 0 amide bonds. The van der Waals surface area contributed by atoms with E-state index in [0.29, 0.717) is 12.6 Å². The maximum absolute atomic E-state index is 13.2. The highest BCUT2D eigenvalue weighted by Crippen LogP contribution is 2.35. The molecular weight excluding hydrogens is 277 g/mol. The monoisotopic (exact) mass is 301 g/mol. The Labute approximate surface area is 131 Å². The van der Waals surface area contributed by atoms with Crippen LogP contribution in [0.25, 0.3) is 6.08 Å². The molecule has 1 aromatic rings. The minimum Gasteiger partial charge on any atom is -0.363 e. The minimum atomic E-state index is -0.178. The predicted molar refractivity (Wildman–Crippen MR) is 88.3 cm³/mol. The normalized spacial score (nSPS) is 23.8. The zero-order valence-electron chi connectivity index (χ0n) is 13.2. The molecule has 118 valence electrons. The number of hydrogen-bond acceptors (Lipinski definition) is 2. The summed E-state index contributed by atoms with van der Waals surface area (Å²) in [6.07, 6.45) is 7.93. The second-order valence-corrected chi connectivity index (χ2v) is 6.28. The number of hydrazine groups is 1. The Morgan fingerprint density at radius 3 is 3.05 bits per heavy atom. The summed E-state index contributed by atoms with van der Waals surface area (Å²) in [7, 11) is 0. The summed E-state index contributed by atoms with van der Waals surface area (Å²) < 4.78 is 13.2. The maximum Gasteiger partial charge on any atom is 0.0975 e. The van der Waals surface area contributed by atoms with Crippen molar-refractivity contribution in [2.75, 3.05) is 6.54 Å². The van der Waals surface area contributed by atoms with Gasteiger partial charge in [-0.1, -0.05) is 25.2 Å². The van der Waals surface area contributed by atoms with E-state index in [4.69, 9.17) is 0 Å². The van der Waals surface area contributed by atoms with E-state index in [1.54, 1.807) is 6.08 Å². The third-order valence-corrected chi connectivity index (χ3v) is 4.58. The summed E-state index contributed by atoms with van der Waals surface area (Å²) in [5, 5.41) is 4.66. The molecule has 2 aliphatic heterocycles. The molecule has 1 aromatic heterocycles. The molecular formula is C18H24FN3. The van der Waals surface area contributed by atoms with Crippen LogP contribution in [0.5, 0.6) is 0 Å². The van der Waals surface area contributed by atoms with Gasteiger partial charge in [0.15, 0.2) is 0 Å². The average Bonchev–Trinajstić information content (AvgIpc) is 2.90. The van der Waals surface area contributed by atoms with E-state index < -0.39 is 0 Å². The molecule has 2 saturated heterocycles. The Morgan fingerprint density at radius 2 is 2.27 bits per heavy atom. The molecule has 4 heteroatoms. The molecule has 0 aromatic carbocycles. The van der Waals surface area contributed by atoms with E-state index in [0.717, 1.165) is 29.9 Å². The Kier molecular flexibility index (Phi) is 4.21. The van der Waals surface area contributed by atoms with Crippen LogP contribution in [0.3, 0.4) is 0 Å². The highest BCUT2D eigenvalue weighted by molar-refractivity contribution is 5.53. The number of aromatic amines is 1. The zero-order chi connectivity index (χ0) is 15.7. The van der Waals surface area contributed by atoms with E-state index in [9.17, 15) is 4.39 Å². The largest absolute Gasteiger partial charge is 0.363 e. The first-order valence-corrected chi connectivity index (χ1v) is 7.96. The lowest BCUT2D eigenvalue weighted by atomic mass is 9.92. The number of H-pyrrole nitrogens is 1. The van der Waals surface area contributed by atoms with Gasteiger partial charge in [-0.15, -0.1) is 0 Å². The highest BCUT2D eigenvalue weighted by Gasteiger charge is 2.34. The van der Waals surface area contributed by atoms with Crippen molar-refractivity contribution in [3.05, 3.63) is 53.8 Å². The van der Waals surface area contributed by atoms with Gasteiger partial charge in [-0.2, -0.15) is 0 Å². The number of allylic oxidation sites excluding steroid dienone is 2. The van der Waals surface area contributed by atoms with Gasteiger partial charge in [-0.05, 0) is 37.5 Å². The van der Waals surface area contributed by atoms with Crippen LogP contribution < -0.4 is 0 Å². The molecule has 0 radical (unpaired) electrons. The van der Waals surface area contributed by atoms with Gasteiger partial charge in [0.1, 0.15) is 0 Å². The second kappa shape index (κ2) is 6.13. The predicted octanol–water partition coefficient (Wildman–Crippen LogP) is 4.39. The number of nitrogens with one attached hydrogen (secondary N) is 1. The minimum absolute atomic E-state index is 0.178. The zero-order valence-corrected chi connectivity index (χ0v) is 13.2. The summed E-state index contributed by atoms with van der Waals surface area (Å²) >= 11 is 0.